The Bertz CT molecular complexity index is 412. The van der Waals surface area contributed by atoms with Crippen LogP contribution in [-0.4, -0.2) is 37.1 Å². The average molecular weight is 275 g/mol. The van der Waals surface area contributed by atoms with Crippen LogP contribution in [0.2, 0.25) is 0 Å². The van der Waals surface area contributed by atoms with Gasteiger partial charge in [-0.1, -0.05) is 37.3 Å². The molecule has 3 heteroatoms. The fourth-order valence-electron chi connectivity index (χ4n) is 2.84. The minimum absolute atomic E-state index is 0.0542. The van der Waals surface area contributed by atoms with Gasteiger partial charge in [0.1, 0.15) is 0 Å². The molecule has 0 N–H and O–H groups in total. The summed E-state index contributed by atoms with van der Waals surface area (Å²) in [6.45, 7) is 3.54. The zero-order valence-electron chi connectivity index (χ0n) is 12.5. The molecule has 1 amide bonds. The third-order valence-corrected chi connectivity index (χ3v) is 4.19. The van der Waals surface area contributed by atoms with E-state index in [4.69, 9.17) is 4.74 Å². The SMILES string of the molecule is CC[C@@H](Cc1ccccc1)N(C)C(=O)[C@H]1CCCOC1. The highest BCUT2D eigenvalue weighted by Crippen LogP contribution is 2.19. The van der Waals surface area contributed by atoms with Crippen LogP contribution in [0, 0.1) is 5.92 Å². The number of amides is 1. The maximum absolute atomic E-state index is 12.5. The number of benzene rings is 1. The molecule has 0 spiro atoms. The van der Waals surface area contributed by atoms with Gasteiger partial charge < -0.3 is 9.64 Å². The maximum Gasteiger partial charge on any atom is 0.228 e. The Morgan fingerprint density at radius 2 is 2.15 bits per heavy atom. The van der Waals surface area contributed by atoms with Crippen molar-refractivity contribution in [1.82, 2.24) is 4.90 Å². The Hall–Kier alpha value is -1.35. The molecule has 0 radical (unpaired) electrons. The summed E-state index contributed by atoms with van der Waals surface area (Å²) in [5.41, 5.74) is 1.29. The zero-order valence-corrected chi connectivity index (χ0v) is 12.5. The summed E-state index contributed by atoms with van der Waals surface area (Å²) in [6.07, 6.45) is 3.86. The summed E-state index contributed by atoms with van der Waals surface area (Å²) < 4.78 is 5.44. The topological polar surface area (TPSA) is 29.5 Å². The number of carbonyl (C=O) groups is 1. The van der Waals surface area contributed by atoms with Gasteiger partial charge in [-0.25, -0.2) is 0 Å². The molecule has 0 unspecified atom stereocenters. The summed E-state index contributed by atoms with van der Waals surface area (Å²) in [4.78, 5) is 14.5. The molecular formula is C17H25NO2. The molecular weight excluding hydrogens is 250 g/mol. The van der Waals surface area contributed by atoms with E-state index in [1.54, 1.807) is 0 Å². The van der Waals surface area contributed by atoms with E-state index in [1.165, 1.54) is 5.56 Å². The van der Waals surface area contributed by atoms with Crippen LogP contribution >= 0.6 is 0 Å². The molecule has 3 nitrogen and oxygen atoms in total. The van der Waals surface area contributed by atoms with Crippen LogP contribution in [0.3, 0.4) is 0 Å². The quantitative estimate of drug-likeness (QED) is 0.827. The first-order chi connectivity index (χ1) is 9.72. The van der Waals surface area contributed by atoms with Gasteiger partial charge in [0.2, 0.25) is 5.91 Å². The average Bonchev–Trinajstić information content (AvgIpc) is 2.53. The van der Waals surface area contributed by atoms with Gasteiger partial charge in [-0.15, -0.1) is 0 Å². The van der Waals surface area contributed by atoms with Gasteiger partial charge >= 0.3 is 0 Å². The number of carbonyl (C=O) groups excluding carboxylic acids is 1. The number of rotatable bonds is 5. The van der Waals surface area contributed by atoms with Crippen molar-refractivity contribution in [2.45, 2.75) is 38.6 Å². The second-order valence-electron chi connectivity index (χ2n) is 5.62. The lowest BCUT2D eigenvalue weighted by molar-refractivity contribution is -0.140. The zero-order chi connectivity index (χ0) is 14.4. The van der Waals surface area contributed by atoms with Crippen LogP contribution in [0.1, 0.15) is 31.7 Å². The van der Waals surface area contributed by atoms with E-state index < -0.39 is 0 Å². The van der Waals surface area contributed by atoms with E-state index in [0.717, 1.165) is 32.3 Å². The van der Waals surface area contributed by atoms with Gasteiger partial charge in [-0.05, 0) is 31.2 Å². The van der Waals surface area contributed by atoms with E-state index in [9.17, 15) is 4.79 Å². The lowest BCUT2D eigenvalue weighted by Crippen LogP contribution is -2.43. The highest BCUT2D eigenvalue weighted by molar-refractivity contribution is 5.79. The van der Waals surface area contributed by atoms with E-state index in [0.29, 0.717) is 6.61 Å². The summed E-state index contributed by atoms with van der Waals surface area (Å²) in [5.74, 6) is 0.297. The molecule has 0 aliphatic carbocycles. The summed E-state index contributed by atoms with van der Waals surface area (Å²) >= 11 is 0. The molecule has 2 rings (SSSR count). The van der Waals surface area contributed by atoms with Gasteiger partial charge in [0.15, 0.2) is 0 Å². The van der Waals surface area contributed by atoms with Crippen molar-refractivity contribution in [2.24, 2.45) is 5.92 Å². The summed E-state index contributed by atoms with van der Waals surface area (Å²) in [5, 5.41) is 0. The second-order valence-corrected chi connectivity index (χ2v) is 5.62. The fraction of sp³-hybridized carbons (Fsp3) is 0.588. The lowest BCUT2D eigenvalue weighted by Gasteiger charge is -2.32. The number of hydrogen-bond donors (Lipinski definition) is 0. The second kappa shape index (κ2) is 7.44. The highest BCUT2D eigenvalue weighted by Gasteiger charge is 2.28. The molecule has 2 atom stereocenters. The molecule has 1 aliphatic heterocycles. The number of ether oxygens (including phenoxy) is 1. The van der Waals surface area contributed by atoms with Crippen molar-refractivity contribution < 1.29 is 9.53 Å². The van der Waals surface area contributed by atoms with E-state index >= 15 is 0 Å². The van der Waals surface area contributed by atoms with Gasteiger partial charge in [0.05, 0.1) is 12.5 Å². The Labute approximate surface area is 121 Å². The molecule has 1 fully saturated rings. The Balaban J connectivity index is 1.97. The van der Waals surface area contributed by atoms with Gasteiger partial charge in [-0.3, -0.25) is 4.79 Å². The summed E-state index contributed by atoms with van der Waals surface area (Å²) in [7, 11) is 1.94. The van der Waals surface area contributed by atoms with Crippen LogP contribution in [-0.2, 0) is 16.0 Å². The number of hydrogen-bond acceptors (Lipinski definition) is 2. The van der Waals surface area contributed by atoms with Crippen LogP contribution in [0.25, 0.3) is 0 Å². The molecule has 1 heterocycles. The van der Waals surface area contributed by atoms with Crippen molar-refractivity contribution in [3.8, 4) is 0 Å². The van der Waals surface area contributed by atoms with E-state index in [-0.39, 0.29) is 17.9 Å². The lowest BCUT2D eigenvalue weighted by atomic mass is 9.97. The smallest absolute Gasteiger partial charge is 0.228 e. The van der Waals surface area contributed by atoms with Gasteiger partial charge in [0, 0.05) is 19.7 Å². The van der Waals surface area contributed by atoms with Crippen molar-refractivity contribution >= 4 is 5.91 Å². The minimum atomic E-state index is 0.0542. The highest BCUT2D eigenvalue weighted by atomic mass is 16.5. The normalized spacial score (nSPS) is 20.4. The molecule has 20 heavy (non-hydrogen) atoms. The van der Waals surface area contributed by atoms with Crippen LogP contribution in [0.15, 0.2) is 30.3 Å². The van der Waals surface area contributed by atoms with E-state index in [2.05, 4.69) is 31.2 Å². The van der Waals surface area contributed by atoms with Crippen molar-refractivity contribution in [3.05, 3.63) is 35.9 Å². The largest absolute Gasteiger partial charge is 0.381 e. The maximum atomic E-state index is 12.5. The van der Waals surface area contributed by atoms with Crippen LogP contribution < -0.4 is 0 Å². The first-order valence-corrected chi connectivity index (χ1v) is 7.60. The van der Waals surface area contributed by atoms with Gasteiger partial charge in [-0.2, -0.15) is 0 Å². The third-order valence-electron chi connectivity index (χ3n) is 4.19. The van der Waals surface area contributed by atoms with Gasteiger partial charge in [0.25, 0.3) is 0 Å². The minimum Gasteiger partial charge on any atom is -0.381 e. The van der Waals surface area contributed by atoms with Crippen LogP contribution in [0.5, 0.6) is 0 Å². The first kappa shape index (κ1) is 15.0. The monoisotopic (exact) mass is 275 g/mol. The van der Waals surface area contributed by atoms with Crippen molar-refractivity contribution in [2.75, 3.05) is 20.3 Å². The van der Waals surface area contributed by atoms with E-state index in [1.807, 2.05) is 18.0 Å². The van der Waals surface area contributed by atoms with Crippen LogP contribution in [0.4, 0.5) is 0 Å². The molecule has 110 valence electrons. The predicted molar refractivity (Wildman–Crippen MR) is 80.5 cm³/mol. The summed E-state index contributed by atoms with van der Waals surface area (Å²) in [6, 6.07) is 10.7. The van der Waals surface area contributed by atoms with Crippen molar-refractivity contribution in [3.63, 3.8) is 0 Å². The third kappa shape index (κ3) is 3.83. The molecule has 1 aromatic carbocycles. The predicted octanol–water partition coefficient (Wildman–Crippen LogP) is 2.89. The Morgan fingerprint density at radius 3 is 2.75 bits per heavy atom. The molecule has 1 saturated heterocycles. The fourth-order valence-corrected chi connectivity index (χ4v) is 2.84. The Morgan fingerprint density at radius 1 is 1.40 bits per heavy atom. The Kier molecular flexibility index (Phi) is 5.60. The standard InChI is InChI=1S/C17H25NO2/c1-3-16(12-14-8-5-4-6-9-14)18(2)17(19)15-10-7-11-20-13-15/h4-6,8-9,15-16H,3,7,10-13H2,1-2H3/t15-,16-/m0/s1. The molecule has 0 aromatic heterocycles. The molecule has 0 bridgehead atoms. The molecule has 1 aliphatic rings. The number of nitrogens with zero attached hydrogens (tertiary/aromatic N) is 1. The first-order valence-electron chi connectivity index (χ1n) is 7.60. The molecule has 1 aromatic rings. The number of likely N-dealkylation sites (N-methyl/N-ethyl adjacent to an activating group) is 1. The molecule has 0 saturated carbocycles. The van der Waals surface area contributed by atoms with Crippen molar-refractivity contribution in [1.29, 1.82) is 0 Å².